The van der Waals surface area contributed by atoms with Crippen LogP contribution < -0.4 is 10.1 Å². The molecule has 2 aliphatic rings. The Bertz CT molecular complexity index is 1430. The van der Waals surface area contributed by atoms with Crippen LogP contribution in [0.5, 0.6) is 5.75 Å². The van der Waals surface area contributed by atoms with Gasteiger partial charge in [-0.15, -0.1) is 0 Å². The first kappa shape index (κ1) is 25.6. The number of oxazole rings is 1. The smallest absolute Gasteiger partial charge is 0.238 e. The molecular formula is C31H34N4O4. The van der Waals surface area contributed by atoms with E-state index in [1.165, 1.54) is 17.5 Å². The highest BCUT2D eigenvalue weighted by molar-refractivity contribution is 5.92. The summed E-state index contributed by atoms with van der Waals surface area (Å²) in [5.41, 5.74) is 6.00. The van der Waals surface area contributed by atoms with E-state index in [4.69, 9.17) is 9.15 Å². The van der Waals surface area contributed by atoms with Gasteiger partial charge >= 0.3 is 0 Å². The van der Waals surface area contributed by atoms with E-state index in [2.05, 4.69) is 32.2 Å². The van der Waals surface area contributed by atoms with Crippen molar-refractivity contribution in [2.45, 2.75) is 25.4 Å². The molecular weight excluding hydrogens is 492 g/mol. The number of fused-ring (bicyclic) bond motifs is 2. The summed E-state index contributed by atoms with van der Waals surface area (Å²) in [5.74, 6) is 1.24. The SMILES string of the molecule is O=C(CN1CCN(CC(O)COc2ccc3oc(-c4ccccc4)nc3c2)CC1)Nc1ccc2c(c1)CCC2. The Balaban J connectivity index is 0.931. The lowest BCUT2D eigenvalue weighted by atomic mass is 10.1. The molecule has 1 aliphatic heterocycles. The fourth-order valence-electron chi connectivity index (χ4n) is 5.43. The van der Waals surface area contributed by atoms with Gasteiger partial charge in [0.05, 0.1) is 6.54 Å². The molecule has 4 aromatic rings. The Hall–Kier alpha value is -3.72. The van der Waals surface area contributed by atoms with E-state index in [9.17, 15) is 9.90 Å². The maximum atomic E-state index is 12.6. The number of hydrogen-bond donors (Lipinski definition) is 2. The van der Waals surface area contributed by atoms with Crippen LogP contribution in [0.3, 0.4) is 0 Å². The quantitative estimate of drug-likeness (QED) is 0.341. The Morgan fingerprint density at radius 2 is 1.77 bits per heavy atom. The number of nitrogens with zero attached hydrogens (tertiary/aromatic N) is 3. The van der Waals surface area contributed by atoms with Crippen molar-refractivity contribution in [3.8, 4) is 17.2 Å². The molecule has 1 saturated heterocycles. The predicted octanol–water partition coefficient (Wildman–Crippen LogP) is 3.98. The second-order valence-electron chi connectivity index (χ2n) is 10.4. The summed E-state index contributed by atoms with van der Waals surface area (Å²) in [7, 11) is 0. The van der Waals surface area contributed by atoms with Crippen LogP contribution in [0.2, 0.25) is 0 Å². The summed E-state index contributed by atoms with van der Waals surface area (Å²) >= 11 is 0. The van der Waals surface area contributed by atoms with Crippen LogP contribution in [0.4, 0.5) is 5.69 Å². The van der Waals surface area contributed by atoms with E-state index in [0.717, 1.165) is 55.8 Å². The van der Waals surface area contributed by atoms with E-state index < -0.39 is 6.10 Å². The van der Waals surface area contributed by atoms with Crippen molar-refractivity contribution >= 4 is 22.7 Å². The number of rotatable bonds is 9. The van der Waals surface area contributed by atoms with E-state index in [1.807, 2.05) is 54.6 Å². The third kappa shape index (κ3) is 6.30. The van der Waals surface area contributed by atoms with Gasteiger partial charge in [-0.2, -0.15) is 0 Å². The standard InChI is InChI=1S/C31H34N4O4/c36-26(21-38-27-11-12-29-28(18-27)33-31(39-29)23-5-2-1-3-6-23)19-34-13-15-35(16-14-34)20-30(37)32-25-10-9-22-7-4-8-24(22)17-25/h1-3,5-6,9-12,17-18,26,36H,4,7-8,13-16,19-21H2,(H,32,37). The molecule has 8 heteroatoms. The molecule has 2 N–H and O–H groups in total. The summed E-state index contributed by atoms with van der Waals surface area (Å²) in [6.45, 7) is 4.28. The van der Waals surface area contributed by atoms with Gasteiger partial charge in [0.15, 0.2) is 5.58 Å². The number of aliphatic hydroxyl groups is 1. The van der Waals surface area contributed by atoms with Crippen molar-refractivity contribution in [2.24, 2.45) is 0 Å². The molecule has 1 atom stereocenters. The number of aryl methyl sites for hydroxylation is 2. The van der Waals surface area contributed by atoms with Crippen molar-refractivity contribution in [3.63, 3.8) is 0 Å². The molecule has 1 aromatic heterocycles. The minimum Gasteiger partial charge on any atom is -0.491 e. The lowest BCUT2D eigenvalue weighted by molar-refractivity contribution is -0.117. The number of aliphatic hydroxyl groups excluding tert-OH is 1. The van der Waals surface area contributed by atoms with Crippen molar-refractivity contribution in [1.29, 1.82) is 0 Å². The number of benzene rings is 3. The largest absolute Gasteiger partial charge is 0.491 e. The topological polar surface area (TPSA) is 91.1 Å². The van der Waals surface area contributed by atoms with E-state index in [-0.39, 0.29) is 12.5 Å². The summed E-state index contributed by atoms with van der Waals surface area (Å²) in [5, 5.41) is 13.6. The number of nitrogens with one attached hydrogen (secondary N) is 1. The molecule has 2 heterocycles. The van der Waals surface area contributed by atoms with Crippen molar-refractivity contribution in [2.75, 3.05) is 51.2 Å². The third-order valence-corrected chi connectivity index (χ3v) is 7.51. The molecule has 1 amide bonds. The average Bonchev–Trinajstić information content (AvgIpc) is 3.60. The van der Waals surface area contributed by atoms with Crippen LogP contribution in [-0.2, 0) is 17.6 Å². The van der Waals surface area contributed by atoms with Crippen molar-refractivity contribution in [3.05, 3.63) is 77.9 Å². The first-order valence-corrected chi connectivity index (χ1v) is 13.7. The minimum atomic E-state index is -0.618. The molecule has 202 valence electrons. The molecule has 0 bridgehead atoms. The van der Waals surface area contributed by atoms with Crippen LogP contribution in [0.15, 0.2) is 71.1 Å². The van der Waals surface area contributed by atoms with Crippen molar-refractivity contribution < 1.29 is 19.1 Å². The predicted molar refractivity (Wildman–Crippen MR) is 151 cm³/mol. The number of carbonyl (C=O) groups is 1. The van der Waals surface area contributed by atoms with Crippen LogP contribution in [0.1, 0.15) is 17.5 Å². The highest BCUT2D eigenvalue weighted by atomic mass is 16.5. The molecule has 3 aromatic carbocycles. The molecule has 0 radical (unpaired) electrons. The highest BCUT2D eigenvalue weighted by Gasteiger charge is 2.21. The molecule has 0 saturated carbocycles. The zero-order valence-corrected chi connectivity index (χ0v) is 22.0. The number of β-amino-alcohol motifs (C(OH)–C–C–N with tert-alkyl or cyclic N) is 1. The van der Waals surface area contributed by atoms with Crippen LogP contribution in [-0.4, -0.2) is 77.8 Å². The van der Waals surface area contributed by atoms with Gasteiger partial charge in [-0.3, -0.25) is 14.6 Å². The first-order chi connectivity index (χ1) is 19.1. The molecule has 1 fully saturated rings. The third-order valence-electron chi connectivity index (χ3n) is 7.51. The molecule has 0 spiro atoms. The van der Waals surface area contributed by atoms with Crippen molar-refractivity contribution in [1.82, 2.24) is 14.8 Å². The lowest BCUT2D eigenvalue weighted by Crippen LogP contribution is -2.50. The normalized spacial score (nSPS) is 16.7. The highest BCUT2D eigenvalue weighted by Crippen LogP contribution is 2.27. The number of piperazine rings is 1. The van der Waals surface area contributed by atoms with Gasteiger partial charge in [0.25, 0.3) is 0 Å². The van der Waals surface area contributed by atoms with Gasteiger partial charge in [-0.25, -0.2) is 4.98 Å². The Labute approximate surface area is 228 Å². The van der Waals surface area contributed by atoms with Gasteiger partial charge in [0.1, 0.15) is 24.0 Å². The van der Waals surface area contributed by atoms with Crippen LogP contribution in [0, 0.1) is 0 Å². The van der Waals surface area contributed by atoms with Gasteiger partial charge in [-0.05, 0) is 66.8 Å². The number of ether oxygens (including phenoxy) is 1. The van der Waals surface area contributed by atoms with Gasteiger partial charge < -0.3 is 19.6 Å². The molecule has 39 heavy (non-hydrogen) atoms. The second-order valence-corrected chi connectivity index (χ2v) is 10.4. The zero-order chi connectivity index (χ0) is 26.6. The molecule has 8 nitrogen and oxygen atoms in total. The summed E-state index contributed by atoms with van der Waals surface area (Å²) in [6, 6.07) is 21.6. The molecule has 1 aliphatic carbocycles. The van der Waals surface area contributed by atoms with Gasteiger partial charge in [0.2, 0.25) is 11.8 Å². The van der Waals surface area contributed by atoms with E-state index >= 15 is 0 Å². The second kappa shape index (κ2) is 11.6. The fourth-order valence-corrected chi connectivity index (χ4v) is 5.43. The summed E-state index contributed by atoms with van der Waals surface area (Å²) in [4.78, 5) is 21.5. The Kier molecular flexibility index (Phi) is 7.58. The number of amides is 1. The Morgan fingerprint density at radius 3 is 2.62 bits per heavy atom. The van der Waals surface area contributed by atoms with Gasteiger partial charge in [-0.1, -0.05) is 24.3 Å². The lowest BCUT2D eigenvalue weighted by Gasteiger charge is -2.35. The number of carbonyl (C=O) groups excluding carboxylic acids is 1. The molecule has 6 rings (SSSR count). The maximum Gasteiger partial charge on any atom is 0.238 e. The zero-order valence-electron chi connectivity index (χ0n) is 22.0. The van der Waals surface area contributed by atoms with E-state index in [0.29, 0.717) is 30.3 Å². The summed E-state index contributed by atoms with van der Waals surface area (Å²) < 4.78 is 11.7. The molecule has 1 unspecified atom stereocenters. The number of aromatic nitrogens is 1. The van der Waals surface area contributed by atoms with E-state index in [1.54, 1.807) is 0 Å². The Morgan fingerprint density at radius 1 is 0.974 bits per heavy atom. The first-order valence-electron chi connectivity index (χ1n) is 13.7. The van der Waals surface area contributed by atoms with Crippen LogP contribution >= 0.6 is 0 Å². The maximum absolute atomic E-state index is 12.6. The van der Waals surface area contributed by atoms with Gasteiger partial charge in [0, 0.05) is 50.0 Å². The minimum absolute atomic E-state index is 0.0230. The summed E-state index contributed by atoms with van der Waals surface area (Å²) in [6.07, 6.45) is 2.83. The number of anilines is 1. The fraction of sp³-hybridized carbons (Fsp3) is 0.355. The van der Waals surface area contributed by atoms with Crippen LogP contribution in [0.25, 0.3) is 22.6 Å². The number of hydrogen-bond acceptors (Lipinski definition) is 7. The average molecular weight is 527 g/mol. The monoisotopic (exact) mass is 526 g/mol.